The Kier molecular flexibility index (Phi) is 11.1. The fraction of sp³-hybridized carbons (Fsp3) is 0.405. The Bertz CT molecular complexity index is 1950. The van der Waals surface area contributed by atoms with Crippen LogP contribution < -0.4 is 10.4 Å². The van der Waals surface area contributed by atoms with E-state index in [9.17, 15) is 14.4 Å². The average Bonchev–Trinajstić information content (AvgIpc) is 3.09. The van der Waals surface area contributed by atoms with Gasteiger partial charge in [0.05, 0.1) is 12.2 Å². The minimum Gasteiger partial charge on any atom is -0.483 e. The number of esters is 2. The Morgan fingerprint density at radius 1 is 0.882 bits per heavy atom. The normalized spacial score (nSPS) is 20.6. The van der Waals surface area contributed by atoms with Crippen molar-refractivity contribution in [1.82, 2.24) is 0 Å². The molecule has 3 aliphatic rings. The molecule has 3 atom stereocenters. The Hall–Kier alpha value is -4.73. The SMILES string of the molecule is CC(C)=C1CCc2ccc(cc2)C[C@H](CCc2ccccc2)CC(=O)O[C@H]2c3c(ccc4cc(CCOCO)c(=O)oc34)OC(C)(C)[C@H]2OC1=O. The van der Waals surface area contributed by atoms with Crippen LogP contribution in [0, 0.1) is 5.92 Å². The van der Waals surface area contributed by atoms with Crippen LogP contribution in [0.3, 0.4) is 0 Å². The second-order valence-corrected chi connectivity index (χ2v) is 14.3. The van der Waals surface area contributed by atoms with Crippen molar-refractivity contribution >= 4 is 22.9 Å². The first-order chi connectivity index (χ1) is 24.5. The van der Waals surface area contributed by atoms with Gasteiger partial charge in [-0.25, -0.2) is 9.59 Å². The van der Waals surface area contributed by atoms with Gasteiger partial charge < -0.3 is 28.5 Å². The molecule has 0 saturated heterocycles. The summed E-state index contributed by atoms with van der Waals surface area (Å²) in [5.41, 5.74) is 3.98. The lowest BCUT2D eigenvalue weighted by molar-refractivity contribution is -0.188. The van der Waals surface area contributed by atoms with Crippen LogP contribution in [0.1, 0.15) is 80.9 Å². The Morgan fingerprint density at radius 2 is 1.63 bits per heavy atom. The molecule has 0 unspecified atom stereocenters. The van der Waals surface area contributed by atoms with E-state index in [1.807, 2.05) is 32.0 Å². The summed E-state index contributed by atoms with van der Waals surface area (Å²) in [5.74, 6) is -0.630. The molecule has 9 nitrogen and oxygen atoms in total. The zero-order valence-corrected chi connectivity index (χ0v) is 29.7. The molecule has 4 aromatic rings. The number of aliphatic hydroxyl groups excluding tert-OH is 1. The minimum atomic E-state index is -1.13. The van der Waals surface area contributed by atoms with E-state index in [2.05, 4.69) is 36.4 Å². The van der Waals surface area contributed by atoms with E-state index in [1.54, 1.807) is 32.0 Å². The molecule has 4 heterocycles. The van der Waals surface area contributed by atoms with Crippen molar-refractivity contribution in [3.8, 4) is 5.75 Å². The first-order valence-electron chi connectivity index (χ1n) is 17.7. The number of hydrogen-bond donors (Lipinski definition) is 1. The highest BCUT2D eigenvalue weighted by Gasteiger charge is 2.50. The average molecular weight is 695 g/mol. The van der Waals surface area contributed by atoms with Gasteiger partial charge in [0.2, 0.25) is 0 Å². The third kappa shape index (κ3) is 8.43. The third-order valence-electron chi connectivity index (χ3n) is 9.89. The third-order valence-corrected chi connectivity index (χ3v) is 9.89. The highest BCUT2D eigenvalue weighted by molar-refractivity contribution is 5.90. The lowest BCUT2D eigenvalue weighted by Gasteiger charge is -2.43. The first-order valence-corrected chi connectivity index (χ1v) is 17.7. The van der Waals surface area contributed by atoms with Crippen molar-refractivity contribution in [3.05, 3.63) is 122 Å². The summed E-state index contributed by atoms with van der Waals surface area (Å²) >= 11 is 0. The van der Waals surface area contributed by atoms with Crippen LogP contribution in [0.15, 0.2) is 93.2 Å². The summed E-state index contributed by atoms with van der Waals surface area (Å²) in [6.45, 7) is 7.03. The van der Waals surface area contributed by atoms with E-state index in [4.69, 9.17) is 28.5 Å². The quantitative estimate of drug-likeness (QED) is 0.0708. The van der Waals surface area contributed by atoms with Gasteiger partial charge in [0.1, 0.15) is 23.7 Å². The predicted molar refractivity (Wildman–Crippen MR) is 192 cm³/mol. The zero-order chi connectivity index (χ0) is 36.1. The number of hydrogen-bond acceptors (Lipinski definition) is 9. The maximum Gasteiger partial charge on any atom is 0.339 e. The minimum absolute atomic E-state index is 0.0313. The van der Waals surface area contributed by atoms with Crippen LogP contribution >= 0.6 is 0 Å². The van der Waals surface area contributed by atoms with Crippen molar-refractivity contribution in [1.29, 1.82) is 0 Å². The van der Waals surface area contributed by atoms with E-state index < -0.39 is 42.2 Å². The van der Waals surface area contributed by atoms with Crippen LogP contribution in [-0.2, 0) is 49.5 Å². The second-order valence-electron chi connectivity index (χ2n) is 14.3. The molecular weight excluding hydrogens is 648 g/mol. The summed E-state index contributed by atoms with van der Waals surface area (Å²) in [6.07, 6.45) is 1.54. The maximum atomic E-state index is 14.1. The fourth-order valence-corrected chi connectivity index (χ4v) is 7.10. The van der Waals surface area contributed by atoms with Gasteiger partial charge in [-0.1, -0.05) is 60.2 Å². The molecule has 0 aliphatic carbocycles. The van der Waals surface area contributed by atoms with Gasteiger partial charge in [0.25, 0.3) is 0 Å². The van der Waals surface area contributed by atoms with E-state index in [-0.39, 0.29) is 30.9 Å². The van der Waals surface area contributed by atoms with Crippen molar-refractivity contribution in [3.63, 3.8) is 0 Å². The Morgan fingerprint density at radius 3 is 2.35 bits per heavy atom. The molecular formula is C42H46O9. The Labute approximate surface area is 298 Å². The van der Waals surface area contributed by atoms with E-state index in [0.29, 0.717) is 47.1 Å². The van der Waals surface area contributed by atoms with Crippen LogP contribution in [0.5, 0.6) is 5.75 Å². The lowest BCUT2D eigenvalue weighted by Crippen LogP contribution is -2.52. The second kappa shape index (κ2) is 15.7. The van der Waals surface area contributed by atoms with Crippen LogP contribution in [0.4, 0.5) is 0 Å². The topological polar surface area (TPSA) is 122 Å². The summed E-state index contributed by atoms with van der Waals surface area (Å²) in [6, 6.07) is 23.8. The molecule has 2 bridgehead atoms. The standard InChI is InChI=1S/C42H46O9/c1-26(2)33-18-16-28-10-13-29(14-11-28)22-30(15-12-27-8-6-5-7-9-27)23-35(44)48-38-36-34(51-42(3,4)39(38)50-41(33)46)19-17-31-24-32(20-21-47-25-43)40(45)49-37(31)36/h5-11,13-14,17,19,24,30,38-39,43H,12,15-16,18,20-23,25H2,1-4H3/t30-,38-,39-/m0/s1. The molecule has 3 aromatic carbocycles. The van der Waals surface area contributed by atoms with E-state index >= 15 is 0 Å². The predicted octanol–water partition coefficient (Wildman–Crippen LogP) is 7.13. The van der Waals surface area contributed by atoms with Gasteiger partial charge in [-0.2, -0.15) is 0 Å². The molecule has 3 aliphatic heterocycles. The summed E-state index contributed by atoms with van der Waals surface area (Å²) in [5, 5.41) is 9.61. The number of fused-ring (bicyclic) bond motifs is 13. The molecule has 9 heteroatoms. The molecule has 51 heavy (non-hydrogen) atoms. The van der Waals surface area contributed by atoms with Crippen LogP contribution in [0.25, 0.3) is 11.0 Å². The molecule has 1 aromatic heterocycles. The first kappa shape index (κ1) is 36.1. The van der Waals surface area contributed by atoms with Crippen molar-refractivity contribution < 1.29 is 38.1 Å². The lowest BCUT2D eigenvalue weighted by atomic mass is 9.86. The van der Waals surface area contributed by atoms with E-state index in [0.717, 1.165) is 29.5 Å². The molecule has 268 valence electrons. The molecule has 0 saturated carbocycles. The summed E-state index contributed by atoms with van der Waals surface area (Å²) < 4.78 is 30.2. The number of carbonyl (C=O) groups excluding carboxylic acids is 2. The molecule has 1 N–H and O–H groups in total. The maximum absolute atomic E-state index is 14.1. The van der Waals surface area contributed by atoms with Crippen molar-refractivity contribution in [2.24, 2.45) is 5.92 Å². The molecule has 0 fully saturated rings. The number of carbonyl (C=O) groups is 2. The highest BCUT2D eigenvalue weighted by atomic mass is 16.6. The number of aryl methyl sites for hydroxylation is 2. The molecule has 7 rings (SSSR count). The number of benzene rings is 3. The number of ether oxygens (including phenoxy) is 4. The molecule has 0 spiro atoms. The van der Waals surface area contributed by atoms with Crippen molar-refractivity contribution in [2.75, 3.05) is 13.4 Å². The summed E-state index contributed by atoms with van der Waals surface area (Å²) in [7, 11) is 0. The van der Waals surface area contributed by atoms with Gasteiger partial charge in [-0.05, 0) is 101 Å². The summed E-state index contributed by atoms with van der Waals surface area (Å²) in [4.78, 5) is 41.4. The van der Waals surface area contributed by atoms with Gasteiger partial charge in [-0.15, -0.1) is 0 Å². The van der Waals surface area contributed by atoms with Gasteiger partial charge in [0, 0.05) is 29.4 Å². The van der Waals surface area contributed by atoms with Crippen LogP contribution in [-0.4, -0.2) is 42.1 Å². The van der Waals surface area contributed by atoms with Crippen LogP contribution in [0.2, 0.25) is 0 Å². The molecule has 0 radical (unpaired) electrons. The van der Waals surface area contributed by atoms with Crippen molar-refractivity contribution in [2.45, 2.75) is 90.4 Å². The van der Waals surface area contributed by atoms with Gasteiger partial charge in [0.15, 0.2) is 12.2 Å². The zero-order valence-electron chi connectivity index (χ0n) is 29.7. The Balaban J connectivity index is 1.43. The largest absolute Gasteiger partial charge is 0.483 e. The highest BCUT2D eigenvalue weighted by Crippen LogP contribution is 2.47. The number of allylic oxidation sites excluding steroid dienone is 1. The fourth-order valence-electron chi connectivity index (χ4n) is 7.10. The smallest absolute Gasteiger partial charge is 0.339 e. The number of rotatable bonds is 7. The monoisotopic (exact) mass is 694 g/mol. The van der Waals surface area contributed by atoms with E-state index in [1.165, 1.54) is 5.56 Å². The van der Waals surface area contributed by atoms with Gasteiger partial charge >= 0.3 is 17.6 Å². The van der Waals surface area contributed by atoms with Gasteiger partial charge in [-0.3, -0.25) is 4.79 Å². The molecule has 0 amide bonds. The number of aliphatic hydroxyl groups is 1.